The summed E-state index contributed by atoms with van der Waals surface area (Å²) in [5, 5.41) is 19.2. The van der Waals surface area contributed by atoms with Gasteiger partial charge < -0.3 is 4.74 Å². The van der Waals surface area contributed by atoms with Crippen molar-refractivity contribution in [2.75, 3.05) is 7.11 Å². The molecular weight excluding hydrogens is 204 g/mol. The van der Waals surface area contributed by atoms with E-state index < -0.39 is 4.92 Å². The molecule has 1 rings (SSSR count). The van der Waals surface area contributed by atoms with Gasteiger partial charge in [-0.25, -0.2) is 0 Å². The zero-order valence-corrected chi connectivity index (χ0v) is 8.12. The normalized spacial score (nSPS) is 9.21. The van der Waals surface area contributed by atoms with Gasteiger partial charge >= 0.3 is 5.69 Å². The summed E-state index contributed by atoms with van der Waals surface area (Å²) in [4.78, 5) is 10.0. The van der Waals surface area contributed by atoms with E-state index in [0.29, 0.717) is 0 Å². The third-order valence-corrected chi connectivity index (χ3v) is 2.07. The molecule has 0 fully saturated rings. The first-order valence-corrected chi connectivity index (χ1v) is 4.01. The number of nitro benzene ring substituents is 1. The largest absolute Gasteiger partial charge is 0.495 e. The molecule has 0 saturated heterocycles. The third kappa shape index (κ3) is 1.63. The molecule has 0 aliphatic carbocycles. The first-order chi connectivity index (χ1) is 6.61. The lowest BCUT2D eigenvalue weighted by molar-refractivity contribution is -0.388. The van der Waals surface area contributed by atoms with Gasteiger partial charge in [0.05, 0.1) is 12.0 Å². The van der Waals surface area contributed by atoms with Crippen molar-refractivity contribution in [1.29, 1.82) is 5.26 Å². The van der Waals surface area contributed by atoms with Gasteiger partial charge in [-0.05, 0) is 12.1 Å². The highest BCUT2D eigenvalue weighted by Crippen LogP contribution is 2.34. The van der Waals surface area contributed by atoms with Gasteiger partial charge in [-0.2, -0.15) is 5.26 Å². The predicted molar refractivity (Wildman–Crippen MR) is 51.6 cm³/mol. The fourth-order valence-corrected chi connectivity index (χ4v) is 1.37. The Morgan fingerprint density at radius 2 is 2.29 bits per heavy atom. The summed E-state index contributed by atoms with van der Waals surface area (Å²) in [6.07, 6.45) is 0. The van der Waals surface area contributed by atoms with Crippen LogP contribution in [0.25, 0.3) is 0 Å². The number of hydrogen-bond acceptors (Lipinski definition) is 5. The quantitative estimate of drug-likeness (QED) is 0.458. The Morgan fingerprint density at radius 3 is 2.71 bits per heavy atom. The van der Waals surface area contributed by atoms with Gasteiger partial charge in [0.1, 0.15) is 22.3 Å². The number of nitriles is 1. The van der Waals surface area contributed by atoms with Crippen molar-refractivity contribution in [2.24, 2.45) is 0 Å². The van der Waals surface area contributed by atoms with E-state index in [-0.39, 0.29) is 21.9 Å². The van der Waals surface area contributed by atoms with Gasteiger partial charge in [0.15, 0.2) is 0 Å². The zero-order chi connectivity index (χ0) is 10.7. The Hall–Kier alpha value is -1.74. The van der Waals surface area contributed by atoms with Gasteiger partial charge in [0.25, 0.3) is 0 Å². The second kappa shape index (κ2) is 3.98. The van der Waals surface area contributed by atoms with Crippen molar-refractivity contribution in [3.63, 3.8) is 0 Å². The Balaban J connectivity index is 3.49. The molecule has 0 saturated carbocycles. The minimum Gasteiger partial charge on any atom is -0.495 e. The van der Waals surface area contributed by atoms with Crippen molar-refractivity contribution < 1.29 is 9.66 Å². The van der Waals surface area contributed by atoms with Crippen LogP contribution in [0.3, 0.4) is 0 Å². The van der Waals surface area contributed by atoms with Crippen LogP contribution < -0.4 is 4.74 Å². The van der Waals surface area contributed by atoms with E-state index >= 15 is 0 Å². The molecule has 14 heavy (non-hydrogen) atoms. The van der Waals surface area contributed by atoms with Crippen molar-refractivity contribution in [2.45, 2.75) is 4.90 Å². The minimum absolute atomic E-state index is 0.0270. The van der Waals surface area contributed by atoms with Crippen LogP contribution in [0.15, 0.2) is 17.0 Å². The number of rotatable bonds is 2. The lowest BCUT2D eigenvalue weighted by atomic mass is 10.2. The number of nitro groups is 1. The average molecular weight is 210 g/mol. The van der Waals surface area contributed by atoms with Crippen molar-refractivity contribution in [3.05, 3.63) is 27.8 Å². The molecule has 5 nitrogen and oxygen atoms in total. The summed E-state index contributed by atoms with van der Waals surface area (Å²) in [5.41, 5.74) is -0.351. The second-order valence-electron chi connectivity index (χ2n) is 2.38. The third-order valence-electron chi connectivity index (χ3n) is 1.64. The maximum atomic E-state index is 10.6. The molecule has 0 N–H and O–H groups in total. The molecule has 0 unspecified atom stereocenters. The number of benzene rings is 1. The Kier molecular flexibility index (Phi) is 2.94. The Labute approximate surface area is 85.5 Å². The maximum Gasteiger partial charge on any atom is 0.304 e. The maximum absolute atomic E-state index is 10.6. The molecule has 1 aromatic rings. The molecule has 0 aliphatic heterocycles. The summed E-state index contributed by atoms with van der Waals surface area (Å²) in [5.74, 6) is 0.277. The molecular formula is C8H6N2O3S. The van der Waals surface area contributed by atoms with Crippen LogP contribution in [0, 0.1) is 21.4 Å². The Morgan fingerprint density at radius 1 is 1.64 bits per heavy atom. The van der Waals surface area contributed by atoms with E-state index in [9.17, 15) is 10.1 Å². The average Bonchev–Trinajstić information content (AvgIpc) is 2.16. The summed E-state index contributed by atoms with van der Waals surface area (Å²) >= 11 is 3.94. The minimum atomic E-state index is -0.649. The number of ether oxygens (including phenoxy) is 1. The topological polar surface area (TPSA) is 76.2 Å². The SMILES string of the molecule is COc1ccc(C#N)c([N+](=O)[O-])c1S. The van der Waals surface area contributed by atoms with Crippen molar-refractivity contribution in [1.82, 2.24) is 0 Å². The molecule has 0 amide bonds. The Bertz CT molecular complexity index is 425. The fraction of sp³-hybridized carbons (Fsp3) is 0.125. The van der Waals surface area contributed by atoms with Crippen LogP contribution in [0.1, 0.15) is 5.56 Å². The van der Waals surface area contributed by atoms with Crippen LogP contribution in [0.5, 0.6) is 5.75 Å². The van der Waals surface area contributed by atoms with Crippen LogP contribution in [-0.2, 0) is 0 Å². The highest BCUT2D eigenvalue weighted by Gasteiger charge is 2.21. The molecule has 72 valence electrons. The van der Waals surface area contributed by atoms with E-state index in [0.717, 1.165) is 0 Å². The van der Waals surface area contributed by atoms with Crippen molar-refractivity contribution >= 4 is 18.3 Å². The molecule has 1 aromatic carbocycles. The second-order valence-corrected chi connectivity index (χ2v) is 2.83. The first kappa shape index (κ1) is 10.3. The van der Waals surface area contributed by atoms with E-state index in [1.54, 1.807) is 6.07 Å². The summed E-state index contributed by atoms with van der Waals surface area (Å²) in [6.45, 7) is 0. The zero-order valence-electron chi connectivity index (χ0n) is 7.22. The number of methoxy groups -OCH3 is 1. The molecule has 0 aliphatic rings. The molecule has 0 atom stereocenters. The summed E-state index contributed by atoms with van der Waals surface area (Å²) in [6, 6.07) is 4.52. The number of thiol groups is 1. The van der Waals surface area contributed by atoms with Crippen LogP contribution in [0.4, 0.5) is 5.69 Å². The van der Waals surface area contributed by atoms with Gasteiger partial charge in [-0.1, -0.05) is 0 Å². The predicted octanol–water partition coefficient (Wildman–Crippen LogP) is 1.76. The van der Waals surface area contributed by atoms with E-state index in [1.807, 2.05) is 0 Å². The van der Waals surface area contributed by atoms with Crippen molar-refractivity contribution in [3.8, 4) is 11.8 Å². The molecule has 0 bridgehead atoms. The highest BCUT2D eigenvalue weighted by molar-refractivity contribution is 7.80. The van der Waals surface area contributed by atoms with Crippen LogP contribution >= 0.6 is 12.6 Å². The van der Waals surface area contributed by atoms with Gasteiger partial charge in [-0.15, -0.1) is 12.6 Å². The lowest BCUT2D eigenvalue weighted by Gasteiger charge is -2.04. The monoisotopic (exact) mass is 210 g/mol. The first-order valence-electron chi connectivity index (χ1n) is 3.56. The molecule has 6 heteroatoms. The molecule has 0 radical (unpaired) electrons. The van der Waals surface area contributed by atoms with Crippen LogP contribution in [-0.4, -0.2) is 12.0 Å². The highest BCUT2D eigenvalue weighted by atomic mass is 32.1. The number of nitrogens with zero attached hydrogens (tertiary/aromatic N) is 2. The summed E-state index contributed by atoms with van der Waals surface area (Å²) < 4.78 is 4.85. The number of hydrogen-bond donors (Lipinski definition) is 1. The molecule has 0 spiro atoms. The van der Waals surface area contributed by atoms with E-state index in [1.165, 1.54) is 19.2 Å². The summed E-state index contributed by atoms with van der Waals surface area (Å²) in [7, 11) is 1.38. The van der Waals surface area contributed by atoms with E-state index in [2.05, 4.69) is 12.6 Å². The molecule has 0 heterocycles. The fourth-order valence-electron chi connectivity index (χ4n) is 1.00. The van der Waals surface area contributed by atoms with E-state index in [4.69, 9.17) is 10.00 Å². The smallest absolute Gasteiger partial charge is 0.304 e. The molecule has 0 aromatic heterocycles. The van der Waals surface area contributed by atoms with Crippen LogP contribution in [0.2, 0.25) is 0 Å². The van der Waals surface area contributed by atoms with Gasteiger partial charge in [0, 0.05) is 0 Å². The standard InChI is InChI=1S/C8H6N2O3S/c1-13-6-3-2-5(4-9)7(8(6)14)10(11)12/h2-3,14H,1H3. The van der Waals surface area contributed by atoms with Gasteiger partial charge in [-0.3, -0.25) is 10.1 Å². The van der Waals surface area contributed by atoms with Gasteiger partial charge in [0.2, 0.25) is 0 Å². The lowest BCUT2D eigenvalue weighted by Crippen LogP contribution is -1.96.